The van der Waals surface area contributed by atoms with E-state index in [1.165, 1.54) is 12.1 Å². The lowest BCUT2D eigenvalue weighted by Crippen LogP contribution is -2.51. The summed E-state index contributed by atoms with van der Waals surface area (Å²) in [5, 5.41) is -0.648. The molecule has 2 aliphatic rings. The number of ketones is 1. The number of carbonyl (C=O) groups excluding carboxylic acids is 1. The Bertz CT molecular complexity index is 1680. The molecule has 1 saturated carbocycles. The van der Waals surface area contributed by atoms with Crippen molar-refractivity contribution in [1.82, 2.24) is 9.55 Å². The van der Waals surface area contributed by atoms with Gasteiger partial charge in [0, 0.05) is 29.2 Å². The van der Waals surface area contributed by atoms with Crippen LogP contribution in [0.2, 0.25) is 0 Å². The van der Waals surface area contributed by atoms with Crippen LogP contribution in [0.15, 0.2) is 84.0 Å². The van der Waals surface area contributed by atoms with Gasteiger partial charge in [-0.15, -0.1) is 0 Å². The largest absolute Gasteiger partial charge is 0.321 e. The number of benzene rings is 2. The first-order valence-corrected chi connectivity index (χ1v) is 14.9. The van der Waals surface area contributed by atoms with Gasteiger partial charge in [-0.05, 0) is 123 Å². The summed E-state index contributed by atoms with van der Waals surface area (Å²) in [6, 6.07) is 19.1. The average molecular weight is 543 g/mol. The second-order valence-electron chi connectivity index (χ2n) is 11.2. The second kappa shape index (κ2) is 9.56. The topological polar surface area (TPSA) is 69.0 Å². The maximum absolute atomic E-state index is 14.4. The number of aryl methyl sites for hydroxylation is 2. The highest BCUT2D eigenvalue weighted by atomic mass is 32.2. The minimum atomic E-state index is -3.63. The molecule has 5 nitrogen and oxygen atoms in total. The molecule has 2 aliphatic carbocycles. The van der Waals surface area contributed by atoms with Gasteiger partial charge in [0.2, 0.25) is 0 Å². The van der Waals surface area contributed by atoms with Crippen molar-refractivity contribution in [1.29, 1.82) is 0 Å². The summed E-state index contributed by atoms with van der Waals surface area (Å²) in [5.74, 6) is -0.387. The molecule has 4 aromatic rings. The third kappa shape index (κ3) is 4.42. The van der Waals surface area contributed by atoms with Gasteiger partial charge in [-0.2, -0.15) is 0 Å². The number of aromatic nitrogens is 2. The number of nitrogens with zero attached hydrogens (tertiary/aromatic N) is 2. The monoisotopic (exact) mass is 542 g/mol. The van der Waals surface area contributed by atoms with Crippen LogP contribution in [0.1, 0.15) is 52.1 Å². The third-order valence-corrected chi connectivity index (χ3v) is 10.9. The molecule has 0 spiro atoms. The van der Waals surface area contributed by atoms with E-state index in [0.29, 0.717) is 36.3 Å². The molecule has 0 radical (unpaired) electrons. The van der Waals surface area contributed by atoms with Crippen molar-refractivity contribution in [3.8, 4) is 5.69 Å². The molecule has 39 heavy (non-hydrogen) atoms. The molecule has 1 fully saturated rings. The Balaban J connectivity index is 1.44. The van der Waals surface area contributed by atoms with Crippen LogP contribution in [0.3, 0.4) is 0 Å². The normalized spacial score (nSPS) is 22.6. The molecule has 6 rings (SSSR count). The van der Waals surface area contributed by atoms with E-state index >= 15 is 0 Å². The van der Waals surface area contributed by atoms with Gasteiger partial charge in [0.15, 0.2) is 15.6 Å². The SMILES string of the molecule is Cc1cccc(S(=O)(=O)[C@H]2CCC3Cc4c(ccn4-c4ccc(F)cc4)C[C@]3(C(=O)c3cc(C)ccn3)C2)c1. The van der Waals surface area contributed by atoms with Crippen LogP contribution in [0.5, 0.6) is 0 Å². The van der Waals surface area contributed by atoms with E-state index in [-0.39, 0.29) is 23.9 Å². The Hall–Kier alpha value is -3.58. The van der Waals surface area contributed by atoms with E-state index in [0.717, 1.165) is 28.1 Å². The zero-order valence-electron chi connectivity index (χ0n) is 22.1. The molecule has 0 aliphatic heterocycles. The molecule has 3 atom stereocenters. The first-order valence-electron chi connectivity index (χ1n) is 13.4. The van der Waals surface area contributed by atoms with E-state index in [1.54, 1.807) is 36.5 Å². The van der Waals surface area contributed by atoms with Gasteiger partial charge in [-0.1, -0.05) is 12.1 Å². The molecule has 7 heteroatoms. The fourth-order valence-corrected chi connectivity index (χ4v) is 8.65. The molecule has 2 aromatic heterocycles. The van der Waals surface area contributed by atoms with Gasteiger partial charge < -0.3 is 4.57 Å². The standard InChI is InChI=1S/C32H31FN2O3S/c1-21-4-3-5-27(16-21)39(37,38)28-11-6-24-18-30-23(13-15-35(30)26-9-7-25(33)8-10-26)19-32(24,20-28)31(36)29-17-22(2)12-14-34-29/h3-5,7-10,12-17,24,28H,6,11,18-20H2,1-2H3/t24?,28-,32-/m0/s1. The summed E-state index contributed by atoms with van der Waals surface area (Å²) in [6.45, 7) is 3.82. The van der Waals surface area contributed by atoms with Crippen LogP contribution in [-0.4, -0.2) is 29.0 Å². The van der Waals surface area contributed by atoms with Crippen molar-refractivity contribution in [2.24, 2.45) is 11.3 Å². The van der Waals surface area contributed by atoms with Crippen molar-refractivity contribution in [3.63, 3.8) is 0 Å². The van der Waals surface area contributed by atoms with Crippen LogP contribution in [0, 0.1) is 31.0 Å². The summed E-state index contributed by atoms with van der Waals surface area (Å²) in [7, 11) is -3.63. The molecule has 0 saturated heterocycles. The minimum Gasteiger partial charge on any atom is -0.321 e. The molecule has 0 N–H and O–H groups in total. The Morgan fingerprint density at radius 1 is 1.00 bits per heavy atom. The maximum atomic E-state index is 14.4. The highest BCUT2D eigenvalue weighted by molar-refractivity contribution is 7.92. The second-order valence-corrected chi connectivity index (χ2v) is 13.4. The zero-order valence-corrected chi connectivity index (χ0v) is 22.9. The van der Waals surface area contributed by atoms with Gasteiger partial charge in [-0.25, -0.2) is 12.8 Å². The number of Topliss-reactive ketones (excluding diaryl/α,β-unsaturated/α-hetero) is 1. The lowest BCUT2D eigenvalue weighted by atomic mass is 9.56. The Kier molecular flexibility index (Phi) is 6.29. The Morgan fingerprint density at radius 3 is 2.51 bits per heavy atom. The third-order valence-electron chi connectivity index (χ3n) is 8.70. The van der Waals surface area contributed by atoms with E-state index in [9.17, 15) is 17.6 Å². The lowest BCUT2D eigenvalue weighted by molar-refractivity contribution is 0.0488. The van der Waals surface area contributed by atoms with E-state index in [2.05, 4.69) is 9.55 Å². The van der Waals surface area contributed by atoms with E-state index in [4.69, 9.17) is 0 Å². The fourth-order valence-electron chi connectivity index (χ4n) is 6.69. The van der Waals surface area contributed by atoms with Crippen LogP contribution >= 0.6 is 0 Å². The number of carbonyl (C=O) groups is 1. The van der Waals surface area contributed by atoms with Crippen LogP contribution in [0.4, 0.5) is 4.39 Å². The summed E-state index contributed by atoms with van der Waals surface area (Å²) in [6.07, 6.45) is 6.12. The smallest absolute Gasteiger partial charge is 0.187 e. The quantitative estimate of drug-likeness (QED) is 0.280. The number of halogens is 1. The van der Waals surface area contributed by atoms with Gasteiger partial charge in [-0.3, -0.25) is 9.78 Å². The van der Waals surface area contributed by atoms with Crippen molar-refractivity contribution in [2.45, 2.75) is 56.1 Å². The zero-order chi connectivity index (χ0) is 27.4. The highest BCUT2D eigenvalue weighted by Gasteiger charge is 2.55. The molecule has 2 heterocycles. The van der Waals surface area contributed by atoms with Crippen molar-refractivity contribution >= 4 is 15.6 Å². The van der Waals surface area contributed by atoms with Crippen LogP contribution in [-0.2, 0) is 22.7 Å². The van der Waals surface area contributed by atoms with Gasteiger partial charge in [0.25, 0.3) is 0 Å². The molecule has 0 bridgehead atoms. The Labute approximate surface area is 228 Å². The molecule has 2 aromatic carbocycles. The van der Waals surface area contributed by atoms with Gasteiger partial charge >= 0.3 is 0 Å². The number of sulfone groups is 1. The molecular weight excluding hydrogens is 511 g/mol. The fraction of sp³-hybridized carbons (Fsp3) is 0.312. The van der Waals surface area contributed by atoms with Gasteiger partial charge in [0.1, 0.15) is 11.5 Å². The Morgan fingerprint density at radius 2 is 1.77 bits per heavy atom. The predicted molar refractivity (Wildman–Crippen MR) is 148 cm³/mol. The predicted octanol–water partition coefficient (Wildman–Crippen LogP) is 6.24. The van der Waals surface area contributed by atoms with Crippen molar-refractivity contribution in [3.05, 3.63) is 113 Å². The van der Waals surface area contributed by atoms with Crippen LogP contribution < -0.4 is 0 Å². The molecule has 1 unspecified atom stereocenters. The maximum Gasteiger partial charge on any atom is 0.187 e. The summed E-state index contributed by atoms with van der Waals surface area (Å²) in [5.41, 5.74) is 4.37. The molecular formula is C32H31FN2O3S. The lowest BCUT2D eigenvalue weighted by Gasteiger charge is -2.48. The first kappa shape index (κ1) is 25.7. The number of hydrogen-bond donors (Lipinski definition) is 0. The molecule has 0 amide bonds. The number of hydrogen-bond acceptors (Lipinski definition) is 4. The van der Waals surface area contributed by atoms with Crippen molar-refractivity contribution < 1.29 is 17.6 Å². The summed E-state index contributed by atoms with van der Waals surface area (Å²) in [4.78, 5) is 19.1. The van der Waals surface area contributed by atoms with Gasteiger partial charge in [0.05, 0.1) is 10.1 Å². The molecule has 200 valence electrons. The number of fused-ring (bicyclic) bond motifs is 2. The van der Waals surface area contributed by atoms with Crippen molar-refractivity contribution in [2.75, 3.05) is 0 Å². The average Bonchev–Trinajstić information content (AvgIpc) is 3.33. The van der Waals surface area contributed by atoms with E-state index < -0.39 is 20.5 Å². The summed E-state index contributed by atoms with van der Waals surface area (Å²) >= 11 is 0. The highest BCUT2D eigenvalue weighted by Crippen LogP contribution is 2.53. The number of rotatable bonds is 5. The van der Waals surface area contributed by atoms with E-state index in [1.807, 2.05) is 44.3 Å². The van der Waals surface area contributed by atoms with Crippen LogP contribution in [0.25, 0.3) is 5.69 Å². The first-order chi connectivity index (χ1) is 18.7. The summed E-state index contributed by atoms with van der Waals surface area (Å²) < 4.78 is 43.4. The minimum absolute atomic E-state index is 0.0297. The number of pyridine rings is 1.